The molecule has 6 aromatic rings. The number of aromatic nitrogens is 4. The normalized spacial score (nSPS) is 13.4. The van der Waals surface area contributed by atoms with Gasteiger partial charge in [0.05, 0.1) is 52.7 Å². The number of anilines is 8. The summed E-state index contributed by atoms with van der Waals surface area (Å²) in [6.45, 7) is 17.6. The summed E-state index contributed by atoms with van der Waals surface area (Å²) in [5.41, 5.74) is 12.4. The van der Waals surface area contributed by atoms with Gasteiger partial charge in [-0.15, -0.1) is 11.6 Å². The van der Waals surface area contributed by atoms with Crippen molar-refractivity contribution in [2.75, 3.05) is 87.7 Å². The number of nitrogens with one attached hydrogen (secondary N) is 5. The van der Waals surface area contributed by atoms with Crippen LogP contribution in [0.15, 0.2) is 97.1 Å². The molecule has 2 aliphatic rings. The maximum absolute atomic E-state index is 9.08. The summed E-state index contributed by atoms with van der Waals surface area (Å²) in [4.78, 5) is 25.6. The van der Waals surface area contributed by atoms with Gasteiger partial charge in [0.15, 0.2) is 0 Å². The van der Waals surface area contributed by atoms with Gasteiger partial charge in [0.2, 0.25) is 11.9 Å². The van der Waals surface area contributed by atoms with Crippen molar-refractivity contribution in [3.63, 3.8) is 0 Å². The van der Waals surface area contributed by atoms with Crippen molar-refractivity contribution in [3.05, 3.63) is 153 Å². The first-order chi connectivity index (χ1) is 35.3. The molecule has 388 valence electrons. The van der Waals surface area contributed by atoms with Gasteiger partial charge >= 0.3 is 0 Å². The van der Waals surface area contributed by atoms with Crippen molar-refractivity contribution < 1.29 is 0 Å². The lowest BCUT2D eigenvalue weighted by Gasteiger charge is -2.32. The Bertz CT molecular complexity index is 2990. The van der Waals surface area contributed by atoms with Crippen LogP contribution in [0, 0.1) is 73.0 Å². The van der Waals surface area contributed by atoms with Crippen LogP contribution in [-0.4, -0.2) is 101 Å². The summed E-state index contributed by atoms with van der Waals surface area (Å²) in [5, 5.41) is 52.2. The Morgan fingerprint density at radius 2 is 0.947 bits per heavy atom. The van der Waals surface area contributed by atoms with Crippen LogP contribution in [0.1, 0.15) is 70.7 Å². The number of piperazine rings is 2. The fraction of sp³-hybridized carbons (Fsp3) is 0.310. The van der Waals surface area contributed by atoms with E-state index in [2.05, 4.69) is 77.5 Å². The van der Waals surface area contributed by atoms with Crippen LogP contribution in [0.25, 0.3) is 12.2 Å². The van der Waals surface area contributed by atoms with E-state index in [4.69, 9.17) is 42.6 Å². The topological polar surface area (TPSA) is 217 Å². The fourth-order valence-corrected chi connectivity index (χ4v) is 8.15. The van der Waals surface area contributed by atoms with Crippen molar-refractivity contribution in [2.24, 2.45) is 0 Å². The fourth-order valence-electron chi connectivity index (χ4n) is 8.01. The van der Waals surface area contributed by atoms with Gasteiger partial charge in [0.25, 0.3) is 0 Å². The molecule has 2 fully saturated rings. The van der Waals surface area contributed by atoms with Gasteiger partial charge < -0.3 is 36.4 Å². The van der Waals surface area contributed by atoms with Crippen LogP contribution in [0.5, 0.6) is 0 Å². The molecule has 0 unspecified atom stereocenters. The molecule has 4 aromatic carbocycles. The Balaban J connectivity index is 0.000000283. The number of aryl methyl sites for hydroxylation is 4. The van der Waals surface area contributed by atoms with Gasteiger partial charge in [0, 0.05) is 106 Å². The Labute approximate surface area is 449 Å². The standard InChI is InChI=1S/C28H30N8.C23H19ClN6.C5H12N2.2CH4/c1-20-15-23(5-4-10-29)16-21(2)27(20)33-26-17-25(19-36-13-11-35(3)12-14-36)32-28(34-26)31-24-8-6-22(18-30)7-9-24;1-15-10-18(4-3-9-25)11-16(2)22(15)29-21-12-20(13-24)28-23(30-21)27-19-7-5-17(14-26)6-8-19;1-7-4-2-6-3-5-7;;/h4-9,15-17H,11-14,19H2,1-3H3,(H2,31,32,33,34);3-8,10-12H,13H2,1-2H3,(H2,27,28,29,30);6H,2-5H2,1H3;2*1H4/b5-4+;4-3+;;;. The predicted octanol–water partition coefficient (Wildman–Crippen LogP) is 11.3. The number of nitriles is 4. The maximum atomic E-state index is 9.08. The van der Waals surface area contributed by atoms with E-state index in [-0.39, 0.29) is 20.7 Å². The molecular weight excluding hydrogens is 956 g/mol. The second kappa shape index (κ2) is 30.1. The van der Waals surface area contributed by atoms with Crippen LogP contribution in [0.3, 0.4) is 0 Å². The van der Waals surface area contributed by atoms with Crippen LogP contribution < -0.4 is 26.6 Å². The minimum Gasteiger partial charge on any atom is -0.340 e. The zero-order valence-corrected chi connectivity index (χ0v) is 43.0. The average Bonchev–Trinajstić information content (AvgIpc) is 3.39. The minimum absolute atomic E-state index is 0. The SMILES string of the molecule is C.C.CN1CCNCC1.Cc1cc(/C=C/C#N)cc(C)c1Nc1cc(CCl)nc(Nc2ccc(C#N)cc2)n1.Cc1cc(/C=C/C#N)cc(C)c1Nc1cc(CN2CCN(C)CC2)nc(Nc2ccc(C#N)cc2)n1. The number of nitrogens with zero attached hydrogens (tertiary/aromatic N) is 11. The van der Waals surface area contributed by atoms with E-state index in [1.165, 1.54) is 25.2 Å². The van der Waals surface area contributed by atoms with Gasteiger partial charge in [-0.25, -0.2) is 9.97 Å². The van der Waals surface area contributed by atoms with Gasteiger partial charge in [-0.3, -0.25) is 4.90 Å². The predicted molar refractivity (Wildman–Crippen MR) is 307 cm³/mol. The molecule has 17 heteroatoms. The Morgan fingerprint density at radius 3 is 1.32 bits per heavy atom. The third-order valence-electron chi connectivity index (χ3n) is 11.9. The highest BCUT2D eigenvalue weighted by atomic mass is 35.5. The number of alkyl halides is 1. The highest BCUT2D eigenvalue weighted by Crippen LogP contribution is 2.29. The quantitative estimate of drug-likeness (QED) is 0.0537. The highest BCUT2D eigenvalue weighted by molar-refractivity contribution is 6.16. The Morgan fingerprint density at radius 1 is 0.547 bits per heavy atom. The number of halogens is 1. The second-order valence-corrected chi connectivity index (χ2v) is 18.0. The van der Waals surface area contributed by atoms with Gasteiger partial charge in [-0.2, -0.15) is 31.0 Å². The van der Waals surface area contributed by atoms with E-state index < -0.39 is 0 Å². The molecular formula is C58H69ClN16. The maximum Gasteiger partial charge on any atom is 0.229 e. The largest absolute Gasteiger partial charge is 0.340 e. The molecule has 0 aliphatic carbocycles. The van der Waals surface area contributed by atoms with E-state index >= 15 is 0 Å². The van der Waals surface area contributed by atoms with Gasteiger partial charge in [-0.1, -0.05) is 14.9 Å². The summed E-state index contributed by atoms with van der Waals surface area (Å²) in [5.74, 6) is 2.47. The van der Waals surface area contributed by atoms with Gasteiger partial charge in [-0.05, 0) is 160 Å². The molecule has 8 rings (SSSR count). The van der Waals surface area contributed by atoms with E-state index in [1.807, 2.05) is 88.4 Å². The molecule has 0 radical (unpaired) electrons. The molecule has 2 aliphatic heterocycles. The molecule has 2 aromatic heterocycles. The summed E-state index contributed by atoms with van der Waals surface area (Å²) in [7, 11) is 4.30. The summed E-state index contributed by atoms with van der Waals surface area (Å²) in [6, 6.07) is 34.5. The molecule has 16 nitrogen and oxygen atoms in total. The smallest absolute Gasteiger partial charge is 0.229 e. The lowest BCUT2D eigenvalue weighted by molar-refractivity contribution is 0.147. The van der Waals surface area contributed by atoms with Crippen LogP contribution in [0.2, 0.25) is 0 Å². The Hall–Kier alpha value is -8.19. The number of hydrogen-bond donors (Lipinski definition) is 5. The molecule has 5 N–H and O–H groups in total. The van der Waals surface area contributed by atoms with E-state index in [0.717, 1.165) is 108 Å². The monoisotopic (exact) mass is 1020 g/mol. The van der Waals surface area contributed by atoms with E-state index in [1.54, 1.807) is 48.5 Å². The zero-order valence-electron chi connectivity index (χ0n) is 42.3. The molecule has 4 heterocycles. The summed E-state index contributed by atoms with van der Waals surface area (Å²) in [6.07, 6.45) is 6.53. The minimum atomic E-state index is 0. The number of allylic oxidation sites excluding steroid dienone is 2. The summed E-state index contributed by atoms with van der Waals surface area (Å²) >= 11 is 6.03. The van der Waals surface area contributed by atoms with E-state index in [0.29, 0.717) is 40.4 Å². The number of benzene rings is 4. The van der Waals surface area contributed by atoms with Crippen molar-refractivity contribution in [1.82, 2.24) is 40.0 Å². The van der Waals surface area contributed by atoms with Crippen LogP contribution >= 0.6 is 11.6 Å². The third-order valence-corrected chi connectivity index (χ3v) is 12.1. The van der Waals surface area contributed by atoms with Crippen LogP contribution in [0.4, 0.5) is 46.3 Å². The van der Waals surface area contributed by atoms with Crippen molar-refractivity contribution in [3.8, 4) is 24.3 Å². The molecule has 2 saturated heterocycles. The molecule has 75 heavy (non-hydrogen) atoms. The third kappa shape index (κ3) is 18.7. The van der Waals surface area contributed by atoms with Crippen LogP contribution in [-0.2, 0) is 12.4 Å². The number of rotatable bonds is 13. The average molecular weight is 1030 g/mol. The van der Waals surface area contributed by atoms with E-state index in [9.17, 15) is 0 Å². The first kappa shape index (κ1) is 59.4. The van der Waals surface area contributed by atoms with Crippen molar-refractivity contribution >= 4 is 70.0 Å². The molecule has 0 bridgehead atoms. The summed E-state index contributed by atoms with van der Waals surface area (Å²) < 4.78 is 0. The number of hydrogen-bond acceptors (Lipinski definition) is 16. The zero-order chi connectivity index (χ0) is 52.1. The first-order valence-corrected chi connectivity index (χ1v) is 24.4. The lowest BCUT2D eigenvalue weighted by Crippen LogP contribution is -2.44. The molecule has 0 spiro atoms. The molecule has 0 saturated carbocycles. The Kier molecular flexibility index (Phi) is 23.8. The highest BCUT2D eigenvalue weighted by Gasteiger charge is 2.17. The molecule has 0 amide bonds. The molecule has 0 atom stereocenters. The van der Waals surface area contributed by atoms with Gasteiger partial charge in [0.1, 0.15) is 11.6 Å². The number of likely N-dealkylation sites (N-methyl/N-ethyl adjacent to an activating group) is 2. The second-order valence-electron chi connectivity index (χ2n) is 17.8. The van der Waals surface area contributed by atoms with Crippen molar-refractivity contribution in [1.29, 1.82) is 21.0 Å². The van der Waals surface area contributed by atoms with Crippen molar-refractivity contribution in [2.45, 2.75) is 55.0 Å². The lowest BCUT2D eigenvalue weighted by atomic mass is 10.0. The first-order valence-electron chi connectivity index (χ1n) is 23.9.